The first-order chi connectivity index (χ1) is 9.17. The molecule has 0 unspecified atom stereocenters. The van der Waals surface area contributed by atoms with E-state index in [-0.39, 0.29) is 5.75 Å². The van der Waals surface area contributed by atoms with Gasteiger partial charge in [-0.1, -0.05) is 33.8 Å². The number of rotatable bonds is 9. The standard InChI is InChI=1S/C7H17NO3S.C6H10O2/c1-3-8(4-2)6-5-7-12(9,10)11;1-3-4-5(2)6(7)8/h3-7H2,1-2H3,(H,9,10,11);2-4H2,1H3,(H,7,8). The summed E-state index contributed by atoms with van der Waals surface area (Å²) in [4.78, 5) is 12.1. The first-order valence-electron chi connectivity index (χ1n) is 6.76. The quantitative estimate of drug-likeness (QED) is 0.500. The van der Waals surface area contributed by atoms with E-state index < -0.39 is 16.1 Å². The Labute approximate surface area is 122 Å². The van der Waals surface area contributed by atoms with Crippen molar-refractivity contribution in [3.8, 4) is 0 Å². The third kappa shape index (κ3) is 15.1. The van der Waals surface area contributed by atoms with Crippen LogP contribution < -0.4 is 0 Å². The maximum Gasteiger partial charge on any atom is 0.330 e. The van der Waals surface area contributed by atoms with Gasteiger partial charge in [-0.3, -0.25) is 4.55 Å². The second kappa shape index (κ2) is 11.9. The van der Waals surface area contributed by atoms with Crippen LogP contribution in [0.5, 0.6) is 0 Å². The molecule has 0 heterocycles. The average molecular weight is 309 g/mol. The lowest BCUT2D eigenvalue weighted by atomic mass is 10.2. The molecular weight excluding hydrogens is 282 g/mol. The van der Waals surface area contributed by atoms with Crippen LogP contribution in [0, 0.1) is 0 Å². The molecule has 0 spiro atoms. The second-order valence-corrected chi connectivity index (χ2v) is 5.90. The monoisotopic (exact) mass is 309 g/mol. The van der Waals surface area contributed by atoms with Gasteiger partial charge >= 0.3 is 5.97 Å². The first kappa shape index (κ1) is 21.4. The minimum Gasteiger partial charge on any atom is -0.478 e. The summed E-state index contributed by atoms with van der Waals surface area (Å²) in [5.41, 5.74) is 0.299. The van der Waals surface area contributed by atoms with Gasteiger partial charge in [-0.05, 0) is 32.5 Å². The Bertz CT molecular complexity index is 374. The lowest BCUT2D eigenvalue weighted by Crippen LogP contribution is -2.25. The zero-order valence-corrected chi connectivity index (χ0v) is 13.4. The van der Waals surface area contributed by atoms with E-state index in [4.69, 9.17) is 9.66 Å². The lowest BCUT2D eigenvalue weighted by molar-refractivity contribution is -0.132. The van der Waals surface area contributed by atoms with Crippen LogP contribution in [-0.4, -0.2) is 54.3 Å². The summed E-state index contributed by atoms with van der Waals surface area (Å²) in [6, 6.07) is 0. The van der Waals surface area contributed by atoms with Gasteiger partial charge < -0.3 is 10.0 Å². The minimum absolute atomic E-state index is 0.135. The third-order valence-corrected chi connectivity index (χ3v) is 3.43. The van der Waals surface area contributed by atoms with Crippen molar-refractivity contribution in [3.05, 3.63) is 12.2 Å². The average Bonchev–Trinajstić information content (AvgIpc) is 2.34. The number of nitrogens with zero attached hydrogens (tertiary/aromatic N) is 1. The topological polar surface area (TPSA) is 94.9 Å². The molecule has 0 aliphatic carbocycles. The van der Waals surface area contributed by atoms with Crippen LogP contribution >= 0.6 is 0 Å². The minimum atomic E-state index is -3.76. The molecule has 7 heteroatoms. The van der Waals surface area contributed by atoms with E-state index in [2.05, 4.69) is 11.5 Å². The fourth-order valence-electron chi connectivity index (χ4n) is 1.42. The van der Waals surface area contributed by atoms with Crippen molar-refractivity contribution in [1.29, 1.82) is 0 Å². The summed E-state index contributed by atoms with van der Waals surface area (Å²) >= 11 is 0. The number of hydrogen-bond donors (Lipinski definition) is 2. The lowest BCUT2D eigenvalue weighted by Gasteiger charge is -2.16. The number of aliphatic carboxylic acids is 1. The van der Waals surface area contributed by atoms with Crippen molar-refractivity contribution < 1.29 is 22.9 Å². The fraction of sp³-hybridized carbons (Fsp3) is 0.769. The van der Waals surface area contributed by atoms with Crippen LogP contribution in [0.1, 0.15) is 40.0 Å². The van der Waals surface area contributed by atoms with Crippen molar-refractivity contribution in [2.75, 3.05) is 25.4 Å². The highest BCUT2D eigenvalue weighted by molar-refractivity contribution is 7.85. The van der Waals surface area contributed by atoms with Gasteiger partial charge in [-0.2, -0.15) is 8.42 Å². The predicted molar refractivity (Wildman–Crippen MR) is 80.5 cm³/mol. The Morgan fingerprint density at radius 1 is 1.20 bits per heavy atom. The normalized spacial score (nSPS) is 10.8. The Hall–Kier alpha value is -0.920. The zero-order valence-electron chi connectivity index (χ0n) is 12.6. The van der Waals surface area contributed by atoms with Gasteiger partial charge in [0.1, 0.15) is 0 Å². The molecule has 0 aromatic rings. The highest BCUT2D eigenvalue weighted by atomic mass is 32.2. The molecule has 2 N–H and O–H groups in total. The van der Waals surface area contributed by atoms with Crippen LogP contribution in [0.25, 0.3) is 0 Å². The molecule has 20 heavy (non-hydrogen) atoms. The summed E-state index contributed by atoms with van der Waals surface area (Å²) < 4.78 is 29.1. The summed E-state index contributed by atoms with van der Waals surface area (Å²) in [7, 11) is -3.76. The molecule has 6 nitrogen and oxygen atoms in total. The van der Waals surface area contributed by atoms with Crippen molar-refractivity contribution in [2.24, 2.45) is 0 Å². The van der Waals surface area contributed by atoms with Crippen molar-refractivity contribution >= 4 is 16.1 Å². The molecule has 0 aliphatic heterocycles. The molecule has 0 atom stereocenters. The largest absolute Gasteiger partial charge is 0.478 e. The van der Waals surface area contributed by atoms with Crippen LogP contribution in [-0.2, 0) is 14.9 Å². The van der Waals surface area contributed by atoms with Crippen molar-refractivity contribution in [2.45, 2.75) is 40.0 Å². The Morgan fingerprint density at radius 3 is 1.95 bits per heavy atom. The van der Waals surface area contributed by atoms with E-state index in [1.807, 2.05) is 20.8 Å². The number of hydrogen-bond acceptors (Lipinski definition) is 4. The van der Waals surface area contributed by atoms with Gasteiger partial charge in [-0.25, -0.2) is 4.79 Å². The highest BCUT2D eigenvalue weighted by Crippen LogP contribution is 1.99. The van der Waals surface area contributed by atoms with E-state index in [0.717, 1.165) is 26.1 Å². The van der Waals surface area contributed by atoms with Gasteiger partial charge in [0.05, 0.1) is 5.75 Å². The van der Waals surface area contributed by atoms with Gasteiger partial charge in [0.15, 0.2) is 0 Å². The SMILES string of the molecule is C=C(CCC)C(=O)O.CCN(CC)CCCS(=O)(=O)O. The fourth-order valence-corrected chi connectivity index (χ4v) is 1.91. The molecule has 0 bridgehead atoms. The number of carboxylic acid groups (broad SMARTS) is 1. The molecular formula is C13H27NO5S. The second-order valence-electron chi connectivity index (χ2n) is 4.33. The Balaban J connectivity index is 0. The molecule has 0 aliphatic rings. The van der Waals surface area contributed by atoms with Gasteiger partial charge in [0, 0.05) is 5.57 Å². The van der Waals surface area contributed by atoms with Crippen LogP contribution in [0.3, 0.4) is 0 Å². The molecule has 0 fully saturated rings. The van der Waals surface area contributed by atoms with Gasteiger partial charge in [-0.15, -0.1) is 0 Å². The van der Waals surface area contributed by atoms with Crippen LogP contribution in [0.15, 0.2) is 12.2 Å². The summed E-state index contributed by atoms with van der Waals surface area (Å²) in [5, 5.41) is 8.21. The van der Waals surface area contributed by atoms with Crippen LogP contribution in [0.2, 0.25) is 0 Å². The predicted octanol–water partition coefficient (Wildman–Crippen LogP) is 2.03. The number of carboxylic acids is 1. The van der Waals surface area contributed by atoms with E-state index in [1.54, 1.807) is 0 Å². The smallest absolute Gasteiger partial charge is 0.330 e. The molecule has 0 rings (SSSR count). The van der Waals surface area contributed by atoms with E-state index in [0.29, 0.717) is 18.4 Å². The maximum absolute atomic E-state index is 10.3. The first-order valence-corrected chi connectivity index (χ1v) is 8.37. The van der Waals surface area contributed by atoms with Crippen LogP contribution in [0.4, 0.5) is 0 Å². The molecule has 0 amide bonds. The summed E-state index contributed by atoms with van der Waals surface area (Å²) in [6.45, 7) is 11.9. The Kier molecular flexibility index (Phi) is 12.7. The van der Waals surface area contributed by atoms with Gasteiger partial charge in [0.2, 0.25) is 0 Å². The molecule has 0 radical (unpaired) electrons. The molecule has 0 saturated carbocycles. The van der Waals surface area contributed by atoms with E-state index >= 15 is 0 Å². The third-order valence-electron chi connectivity index (χ3n) is 2.63. The molecule has 0 saturated heterocycles. The molecule has 0 aromatic heterocycles. The summed E-state index contributed by atoms with van der Waals surface area (Å²) in [5.74, 6) is -1.02. The molecule has 0 aromatic carbocycles. The maximum atomic E-state index is 10.3. The zero-order chi connectivity index (χ0) is 16.2. The van der Waals surface area contributed by atoms with E-state index in [9.17, 15) is 13.2 Å². The highest BCUT2D eigenvalue weighted by Gasteiger charge is 2.05. The van der Waals surface area contributed by atoms with E-state index in [1.165, 1.54) is 0 Å². The summed E-state index contributed by atoms with van der Waals surface area (Å²) in [6.07, 6.45) is 1.95. The Morgan fingerprint density at radius 2 is 1.70 bits per heavy atom. The molecule has 120 valence electrons. The number of carbonyl (C=O) groups is 1. The van der Waals surface area contributed by atoms with Crippen molar-refractivity contribution in [3.63, 3.8) is 0 Å². The van der Waals surface area contributed by atoms with Crippen molar-refractivity contribution in [1.82, 2.24) is 4.90 Å². The van der Waals surface area contributed by atoms with Gasteiger partial charge in [0.25, 0.3) is 10.1 Å².